The van der Waals surface area contributed by atoms with E-state index in [1.165, 1.54) is 60.7 Å². The van der Waals surface area contributed by atoms with Crippen LogP contribution in [0.2, 0.25) is 0 Å². The maximum absolute atomic E-state index is 14.5. The summed E-state index contributed by atoms with van der Waals surface area (Å²) in [6, 6.07) is 13.7. The van der Waals surface area contributed by atoms with Crippen LogP contribution >= 0.6 is 7.92 Å². The van der Waals surface area contributed by atoms with E-state index in [-0.39, 0.29) is 10.6 Å². The summed E-state index contributed by atoms with van der Waals surface area (Å²) in [5.41, 5.74) is 0. The molecule has 0 aromatic heterocycles. The topological polar surface area (TPSA) is 0 Å². The van der Waals surface area contributed by atoms with E-state index in [4.69, 9.17) is 0 Å². The summed E-state index contributed by atoms with van der Waals surface area (Å²) in [4.78, 5) is 0. The molecule has 0 N–H and O–H groups in total. The quantitative estimate of drug-likeness (QED) is 0.459. The maximum atomic E-state index is 14.5. The number of allylic oxidation sites excluding steroid dienone is 2. The molecule has 0 nitrogen and oxygen atoms in total. The normalized spacial score (nSPS) is 23.5. The van der Waals surface area contributed by atoms with Gasteiger partial charge in [-0.1, -0.05) is 60.7 Å². The minimum Gasteiger partial charge on any atom is -0.233 e. The lowest BCUT2D eigenvalue weighted by molar-refractivity contribution is -0.317. The zero-order chi connectivity index (χ0) is 20.0. The Morgan fingerprint density at radius 1 is 0.704 bits per heavy atom. The van der Waals surface area contributed by atoms with E-state index < -0.39 is 43.0 Å². The summed E-state index contributed by atoms with van der Waals surface area (Å²) < 4.78 is 112. The Morgan fingerprint density at radius 2 is 1.11 bits per heavy atom. The molecule has 0 fully saturated rings. The SMILES string of the molecule is FC1=C(P(c2ccccc2)c2ccccc2)C(F)(F)C(F)(F)C(F)(F)C1F. The van der Waals surface area contributed by atoms with Gasteiger partial charge in [0.1, 0.15) is 0 Å². The third kappa shape index (κ3) is 2.85. The summed E-state index contributed by atoms with van der Waals surface area (Å²) in [6.07, 6.45) is -4.17. The second-order valence-electron chi connectivity index (χ2n) is 5.84. The van der Waals surface area contributed by atoms with Gasteiger partial charge in [0.05, 0.1) is 5.31 Å². The average molecular weight is 410 g/mol. The number of benzene rings is 2. The predicted octanol–water partition coefficient (Wildman–Crippen LogP) is 5.56. The third-order valence-corrected chi connectivity index (χ3v) is 6.70. The molecule has 2 aromatic rings. The van der Waals surface area contributed by atoms with Crippen LogP contribution in [0.3, 0.4) is 0 Å². The minimum absolute atomic E-state index is 0.00302. The van der Waals surface area contributed by atoms with E-state index in [0.717, 1.165) is 0 Å². The summed E-state index contributed by atoms with van der Waals surface area (Å²) >= 11 is 0. The molecule has 0 radical (unpaired) electrons. The molecule has 0 saturated carbocycles. The lowest BCUT2D eigenvalue weighted by atomic mass is 9.92. The Balaban J connectivity index is 2.33. The van der Waals surface area contributed by atoms with Crippen LogP contribution in [0.5, 0.6) is 0 Å². The van der Waals surface area contributed by atoms with Crippen molar-refractivity contribution in [3.63, 3.8) is 0 Å². The van der Waals surface area contributed by atoms with Crippen LogP contribution in [0, 0.1) is 0 Å². The van der Waals surface area contributed by atoms with Gasteiger partial charge in [0.25, 0.3) is 0 Å². The number of hydrogen-bond donors (Lipinski definition) is 0. The van der Waals surface area contributed by atoms with Crippen molar-refractivity contribution in [2.24, 2.45) is 0 Å². The van der Waals surface area contributed by atoms with Gasteiger partial charge in [-0.2, -0.15) is 26.3 Å². The Labute approximate surface area is 150 Å². The Kier molecular flexibility index (Phi) is 4.83. The molecule has 1 aliphatic carbocycles. The number of halogens is 8. The molecule has 1 atom stereocenters. The van der Waals surface area contributed by atoms with Gasteiger partial charge in [-0.25, -0.2) is 8.78 Å². The molecule has 0 heterocycles. The van der Waals surface area contributed by atoms with Gasteiger partial charge in [-0.3, -0.25) is 0 Å². The van der Waals surface area contributed by atoms with E-state index in [1.807, 2.05) is 0 Å². The predicted molar refractivity (Wildman–Crippen MR) is 86.9 cm³/mol. The monoisotopic (exact) mass is 410 g/mol. The summed E-state index contributed by atoms with van der Waals surface area (Å²) in [5, 5.41) is -1.94. The number of hydrogen-bond acceptors (Lipinski definition) is 0. The van der Waals surface area contributed by atoms with E-state index in [1.54, 1.807) is 0 Å². The summed E-state index contributed by atoms with van der Waals surface area (Å²) in [5.74, 6) is -20.1. The van der Waals surface area contributed by atoms with Crippen LogP contribution in [0.25, 0.3) is 0 Å². The fourth-order valence-electron chi connectivity index (χ4n) is 2.75. The standard InChI is InChI=1S/C18H11F8P/c19-13-14(20)16(21,22)18(25,26)17(23,24)15(13)27(11-7-3-1-4-8-11)12-9-5-2-6-10-12/h1-10,14H. The van der Waals surface area contributed by atoms with Crippen molar-refractivity contribution >= 4 is 18.5 Å². The first-order valence-corrected chi connectivity index (χ1v) is 8.95. The molecule has 144 valence electrons. The average Bonchev–Trinajstić information content (AvgIpc) is 2.65. The van der Waals surface area contributed by atoms with E-state index in [0.29, 0.717) is 0 Å². The molecule has 9 heteroatoms. The Hall–Kier alpha value is -1.95. The van der Waals surface area contributed by atoms with Gasteiger partial charge < -0.3 is 0 Å². The Bertz CT molecular complexity index is 809. The fourth-order valence-corrected chi connectivity index (χ4v) is 5.26. The molecule has 2 aromatic carbocycles. The first kappa shape index (κ1) is 19.8. The van der Waals surface area contributed by atoms with E-state index in [2.05, 4.69) is 0 Å². The van der Waals surface area contributed by atoms with Crippen LogP contribution in [-0.4, -0.2) is 23.9 Å². The van der Waals surface area contributed by atoms with Gasteiger partial charge in [-0.05, 0) is 18.5 Å². The molecule has 0 bridgehead atoms. The minimum atomic E-state index is -6.09. The first-order chi connectivity index (χ1) is 12.5. The smallest absolute Gasteiger partial charge is 0.233 e. The van der Waals surface area contributed by atoms with Crippen molar-refractivity contribution in [2.75, 3.05) is 0 Å². The zero-order valence-electron chi connectivity index (χ0n) is 13.3. The van der Waals surface area contributed by atoms with Crippen molar-refractivity contribution in [3.8, 4) is 0 Å². The number of rotatable bonds is 3. The zero-order valence-corrected chi connectivity index (χ0v) is 14.2. The van der Waals surface area contributed by atoms with Crippen molar-refractivity contribution in [3.05, 3.63) is 71.8 Å². The Morgan fingerprint density at radius 3 is 1.52 bits per heavy atom. The van der Waals surface area contributed by atoms with Gasteiger partial charge in [0, 0.05) is 0 Å². The summed E-state index contributed by atoms with van der Waals surface area (Å²) in [6.45, 7) is 0. The van der Waals surface area contributed by atoms with E-state index in [9.17, 15) is 35.1 Å². The molecular formula is C18H11F8P. The second kappa shape index (κ2) is 6.59. The van der Waals surface area contributed by atoms with Gasteiger partial charge in [0.2, 0.25) is 6.17 Å². The van der Waals surface area contributed by atoms with E-state index >= 15 is 0 Å². The molecule has 3 rings (SSSR count). The lowest BCUT2D eigenvalue weighted by Crippen LogP contribution is -2.62. The van der Waals surface area contributed by atoms with Crippen LogP contribution in [-0.2, 0) is 0 Å². The molecular weight excluding hydrogens is 399 g/mol. The van der Waals surface area contributed by atoms with Crippen molar-refractivity contribution in [1.29, 1.82) is 0 Å². The van der Waals surface area contributed by atoms with Crippen LogP contribution in [0.15, 0.2) is 71.8 Å². The highest BCUT2D eigenvalue weighted by atomic mass is 31.1. The fraction of sp³-hybridized carbons (Fsp3) is 0.222. The highest BCUT2D eigenvalue weighted by molar-refractivity contribution is 7.76. The van der Waals surface area contributed by atoms with Crippen LogP contribution < -0.4 is 10.6 Å². The third-order valence-electron chi connectivity index (χ3n) is 4.13. The molecule has 1 aliphatic rings. The molecule has 27 heavy (non-hydrogen) atoms. The van der Waals surface area contributed by atoms with Crippen molar-refractivity contribution in [2.45, 2.75) is 23.9 Å². The molecule has 0 spiro atoms. The van der Waals surface area contributed by atoms with Crippen LogP contribution in [0.1, 0.15) is 0 Å². The molecule has 0 aliphatic heterocycles. The maximum Gasteiger partial charge on any atom is 0.379 e. The molecule has 0 amide bonds. The number of alkyl halides is 7. The van der Waals surface area contributed by atoms with Crippen molar-refractivity contribution in [1.82, 2.24) is 0 Å². The van der Waals surface area contributed by atoms with Crippen molar-refractivity contribution < 1.29 is 35.1 Å². The molecule has 0 saturated heterocycles. The highest BCUT2D eigenvalue weighted by Crippen LogP contribution is 2.64. The summed E-state index contributed by atoms with van der Waals surface area (Å²) in [7, 11) is -2.72. The van der Waals surface area contributed by atoms with Gasteiger partial charge in [0.15, 0.2) is 5.83 Å². The first-order valence-electron chi connectivity index (χ1n) is 7.61. The van der Waals surface area contributed by atoms with Gasteiger partial charge >= 0.3 is 17.8 Å². The largest absolute Gasteiger partial charge is 0.379 e. The highest BCUT2D eigenvalue weighted by Gasteiger charge is 2.80. The lowest BCUT2D eigenvalue weighted by Gasteiger charge is -2.41. The second-order valence-corrected chi connectivity index (χ2v) is 7.99. The molecule has 1 unspecified atom stereocenters. The van der Waals surface area contributed by atoms with Crippen LogP contribution in [0.4, 0.5) is 35.1 Å². The van der Waals surface area contributed by atoms with Gasteiger partial charge in [-0.15, -0.1) is 0 Å².